The summed E-state index contributed by atoms with van der Waals surface area (Å²) in [6.45, 7) is 0. The highest BCUT2D eigenvalue weighted by Gasteiger charge is 2.26. The van der Waals surface area contributed by atoms with E-state index in [1.165, 1.54) is 30.9 Å². The van der Waals surface area contributed by atoms with Crippen molar-refractivity contribution in [3.8, 4) is 90.8 Å². The van der Waals surface area contributed by atoms with E-state index in [4.69, 9.17) is 48.7 Å². The number of aromatic nitrogens is 8. The molecule has 8 aromatic heterocycles. The second-order valence-corrected chi connectivity index (χ2v) is 25.8. The van der Waals surface area contributed by atoms with Gasteiger partial charge in [0.05, 0.1) is 5.39 Å². The van der Waals surface area contributed by atoms with Crippen LogP contribution in [0.5, 0.6) is 0 Å². The summed E-state index contributed by atoms with van der Waals surface area (Å²) < 4.78 is 18.2. The largest absolute Gasteiger partial charge is 0.455 e. The Kier molecular flexibility index (Phi) is 13.0. The molecule has 8 heterocycles. The standard InChI is InChI=1S/2C42H24N4OS/c1-3-12-25(13-4-1)37-38-36(32-22-27-16-7-8-17-28(27)23-34(32)47-38)33(24-43-37)42-45-40(26-14-5-2-6-15-26)44-41(46-42)31-20-11-19-30-29-18-9-10-21-35(29)48-39(30)31;1-3-12-25(13-4-1)33-24-43-37(36-32-22-27-16-7-8-17-28(27)23-34(32)47-38(33)36)42-45-40(26-14-5-2-6-15-26)44-41(46-42)31-20-11-19-30-29-18-9-10-21-35(29)48-39(30)31/h2*1-24H. The number of furan rings is 2. The molecule has 96 heavy (non-hydrogen) atoms. The van der Waals surface area contributed by atoms with Crippen molar-refractivity contribution in [2.24, 2.45) is 0 Å². The first-order valence-corrected chi connectivity index (χ1v) is 33.2. The van der Waals surface area contributed by atoms with Crippen LogP contribution < -0.4 is 0 Å². The average molecular weight is 1270 g/mol. The summed E-state index contributed by atoms with van der Waals surface area (Å²) in [5, 5.41) is 13.1. The predicted octanol–water partition coefficient (Wildman–Crippen LogP) is 22.7. The van der Waals surface area contributed by atoms with E-state index in [0.29, 0.717) is 46.2 Å². The molecule has 0 aliphatic heterocycles. The summed E-state index contributed by atoms with van der Waals surface area (Å²) >= 11 is 3.53. The van der Waals surface area contributed by atoms with Crippen LogP contribution in [-0.4, -0.2) is 39.9 Å². The number of pyridine rings is 2. The third-order valence-corrected chi connectivity index (χ3v) is 20.4. The molecule has 0 radical (unpaired) electrons. The SMILES string of the molecule is c1ccc(-c2nc(-c3cccc4c3sc3ccccc34)nc(-c3cnc(-c4ccccc4)c4oc5cc6ccccc6cc5c34)n2)cc1.c1ccc(-c2nc(-c3cccc4c3sc3ccccc34)nc(-c3ncc(-c4ccccc4)c4oc5cc6ccccc6cc5c34)n2)cc1. The van der Waals surface area contributed by atoms with Crippen LogP contribution in [0.1, 0.15) is 0 Å². The number of thiophene rings is 2. The topological polar surface area (TPSA) is 129 Å². The molecule has 12 aromatic carbocycles. The van der Waals surface area contributed by atoms with Crippen LogP contribution in [0, 0.1) is 0 Å². The van der Waals surface area contributed by atoms with E-state index < -0.39 is 0 Å². The summed E-state index contributed by atoms with van der Waals surface area (Å²) in [6, 6.07) is 95.7. The van der Waals surface area contributed by atoms with Gasteiger partial charge in [-0.1, -0.05) is 231 Å². The summed E-state index contributed by atoms with van der Waals surface area (Å²) in [5.74, 6) is 3.47. The van der Waals surface area contributed by atoms with Crippen molar-refractivity contribution in [1.29, 1.82) is 0 Å². The van der Waals surface area contributed by atoms with Crippen LogP contribution in [0.25, 0.3) is 197 Å². The van der Waals surface area contributed by atoms with Crippen LogP contribution in [-0.2, 0) is 0 Å². The Morgan fingerprint density at radius 3 is 1.18 bits per heavy atom. The summed E-state index contributed by atoms with van der Waals surface area (Å²) in [7, 11) is 0. The zero-order valence-electron chi connectivity index (χ0n) is 50.9. The van der Waals surface area contributed by atoms with Crippen LogP contribution >= 0.6 is 22.7 Å². The highest BCUT2D eigenvalue weighted by molar-refractivity contribution is 7.26. The highest BCUT2D eigenvalue weighted by Crippen LogP contribution is 2.46. The van der Waals surface area contributed by atoms with E-state index in [-0.39, 0.29) is 0 Å². The summed E-state index contributed by atoms with van der Waals surface area (Å²) in [5.41, 5.74) is 12.0. The molecule has 0 N–H and O–H groups in total. The van der Waals surface area contributed by atoms with Crippen LogP contribution in [0.2, 0.25) is 0 Å². The van der Waals surface area contributed by atoms with Gasteiger partial charge in [-0.15, -0.1) is 22.7 Å². The normalized spacial score (nSPS) is 11.8. The molecule has 0 bridgehead atoms. The van der Waals surface area contributed by atoms with Crippen LogP contribution in [0.3, 0.4) is 0 Å². The Labute approximate surface area is 555 Å². The summed E-state index contributed by atoms with van der Waals surface area (Å²) in [6.07, 6.45) is 3.77. The minimum Gasteiger partial charge on any atom is -0.455 e. The predicted molar refractivity (Wildman–Crippen MR) is 394 cm³/mol. The molecule has 0 saturated heterocycles. The van der Waals surface area contributed by atoms with Gasteiger partial charge >= 0.3 is 0 Å². The lowest BCUT2D eigenvalue weighted by atomic mass is 10.0. The van der Waals surface area contributed by atoms with Crippen molar-refractivity contribution in [2.45, 2.75) is 0 Å². The molecule has 0 aliphatic carbocycles. The molecule has 0 atom stereocenters. The first-order chi connectivity index (χ1) is 47.6. The Bertz CT molecular complexity index is 6080. The van der Waals surface area contributed by atoms with Crippen molar-refractivity contribution in [3.63, 3.8) is 0 Å². The van der Waals surface area contributed by atoms with Crippen molar-refractivity contribution < 1.29 is 8.83 Å². The van der Waals surface area contributed by atoms with E-state index in [1.807, 2.05) is 122 Å². The molecule has 0 unspecified atom stereocenters. The second-order valence-electron chi connectivity index (χ2n) is 23.7. The molecular weight excluding hydrogens is 1220 g/mol. The number of benzene rings is 12. The van der Waals surface area contributed by atoms with Gasteiger partial charge in [0.2, 0.25) is 0 Å². The molecule has 0 aliphatic rings. The fourth-order valence-corrected chi connectivity index (χ4v) is 15.8. The van der Waals surface area contributed by atoms with E-state index in [0.717, 1.165) is 119 Å². The maximum atomic E-state index is 6.72. The summed E-state index contributed by atoms with van der Waals surface area (Å²) in [4.78, 5) is 41.0. The van der Waals surface area contributed by atoms with Crippen molar-refractivity contribution in [1.82, 2.24) is 39.9 Å². The minimum atomic E-state index is 0.498. The lowest BCUT2D eigenvalue weighted by Gasteiger charge is -2.11. The molecule has 448 valence electrons. The Morgan fingerprint density at radius 1 is 0.250 bits per heavy atom. The maximum Gasteiger partial charge on any atom is 0.183 e. The average Bonchev–Trinajstić information content (AvgIpc) is 1.56. The Morgan fingerprint density at radius 2 is 0.635 bits per heavy atom. The second kappa shape index (κ2) is 22.7. The van der Waals surface area contributed by atoms with E-state index in [1.54, 1.807) is 22.7 Å². The Hall–Kier alpha value is -12.5. The van der Waals surface area contributed by atoms with Gasteiger partial charge in [-0.2, -0.15) is 0 Å². The molecule has 0 fully saturated rings. The zero-order chi connectivity index (χ0) is 63.2. The van der Waals surface area contributed by atoms with Gasteiger partial charge in [-0.25, -0.2) is 29.9 Å². The first kappa shape index (κ1) is 55.2. The number of nitrogens with zero attached hydrogens (tertiary/aromatic N) is 8. The maximum absolute atomic E-state index is 6.72. The molecule has 20 rings (SSSR count). The lowest BCUT2D eigenvalue weighted by Crippen LogP contribution is -2.02. The molecular formula is C84H48N8O2S2. The van der Waals surface area contributed by atoms with Gasteiger partial charge in [0.25, 0.3) is 0 Å². The fraction of sp³-hybridized carbons (Fsp3) is 0. The number of hydrogen-bond donors (Lipinski definition) is 0. The minimum absolute atomic E-state index is 0.498. The van der Waals surface area contributed by atoms with Crippen molar-refractivity contribution in [2.75, 3.05) is 0 Å². The third-order valence-electron chi connectivity index (χ3n) is 17.9. The quantitative estimate of drug-likeness (QED) is 0.145. The van der Waals surface area contributed by atoms with Gasteiger partial charge in [-0.05, 0) is 75.6 Å². The lowest BCUT2D eigenvalue weighted by molar-refractivity contribution is 0.668. The van der Waals surface area contributed by atoms with Crippen molar-refractivity contribution in [3.05, 3.63) is 291 Å². The first-order valence-electron chi connectivity index (χ1n) is 31.6. The molecule has 0 spiro atoms. The van der Waals surface area contributed by atoms with Crippen LogP contribution in [0.15, 0.2) is 300 Å². The number of fused-ring (bicyclic) bond motifs is 14. The van der Waals surface area contributed by atoms with E-state index in [2.05, 4.69) is 170 Å². The Balaban J connectivity index is 0.000000135. The van der Waals surface area contributed by atoms with Crippen molar-refractivity contribution >= 4 is 128 Å². The van der Waals surface area contributed by atoms with Gasteiger partial charge < -0.3 is 8.83 Å². The zero-order valence-corrected chi connectivity index (χ0v) is 52.6. The van der Waals surface area contributed by atoms with Gasteiger partial charge in [0.15, 0.2) is 40.5 Å². The molecule has 0 saturated carbocycles. The molecule has 0 amide bonds. The van der Waals surface area contributed by atoms with Gasteiger partial charge in [0, 0.05) is 108 Å². The van der Waals surface area contributed by atoms with E-state index in [9.17, 15) is 0 Å². The molecule has 12 heteroatoms. The van der Waals surface area contributed by atoms with Gasteiger partial charge in [-0.3, -0.25) is 9.97 Å². The smallest absolute Gasteiger partial charge is 0.183 e. The van der Waals surface area contributed by atoms with Crippen LogP contribution in [0.4, 0.5) is 0 Å². The number of rotatable bonds is 8. The highest BCUT2D eigenvalue weighted by atomic mass is 32.1. The monoisotopic (exact) mass is 1260 g/mol. The third kappa shape index (κ3) is 9.37. The van der Waals surface area contributed by atoms with E-state index >= 15 is 0 Å². The fourth-order valence-electron chi connectivity index (χ4n) is 13.4. The van der Waals surface area contributed by atoms with Gasteiger partial charge in [0.1, 0.15) is 28.1 Å². The number of hydrogen-bond acceptors (Lipinski definition) is 12. The molecule has 10 nitrogen and oxygen atoms in total. The molecule has 20 aromatic rings.